The molecule has 21 heteroatoms. The highest BCUT2D eigenvalue weighted by Crippen LogP contribution is 2.33. The van der Waals surface area contributed by atoms with Crippen LogP contribution in [0.4, 0.5) is 0 Å². The minimum absolute atomic E-state index is 0.0358. The summed E-state index contributed by atoms with van der Waals surface area (Å²) >= 11 is 0. The molecular weight excluding hydrogens is 913 g/mol. The predicted octanol–water partition coefficient (Wildman–Crippen LogP) is 4.21. The van der Waals surface area contributed by atoms with E-state index in [0.29, 0.717) is 24.3 Å². The number of carbonyl (C=O) groups excluding carboxylic acids is 7. The minimum atomic E-state index is -1.19. The standard InChI is InChI=1S/C46H78N4O15S2/c1-35(51)16-14-12-10-8-6-4-2-3-5-7-9-11-13-15-17-42(55)50-39(46(60)61)18-19-41(54)47-20-22-62-24-26-64-31-43(56)48-21-23-63-25-27-65-32-44(57)49-30-38(52)28-36-33-66-67-34-37(45(58)59)29-40(36)53/h36-37,39H,2-34H2,1H3,(H,47,54)(H,48,56)(H,49,57)(H,50,55)(H,58,59)(H,60,61)/t36-,37-,39-/m0/s1. The van der Waals surface area contributed by atoms with Gasteiger partial charge in [-0.2, -0.15) is 0 Å². The van der Waals surface area contributed by atoms with Gasteiger partial charge in [0.05, 0.1) is 52.1 Å². The first-order chi connectivity index (χ1) is 32.3. The van der Waals surface area contributed by atoms with Crippen LogP contribution in [-0.4, -0.2) is 153 Å². The smallest absolute Gasteiger partial charge is 0.326 e. The van der Waals surface area contributed by atoms with Gasteiger partial charge in [0.1, 0.15) is 30.8 Å². The Hall–Kier alpha value is -3.63. The number of aliphatic carboxylic acids is 2. The molecule has 4 amide bonds. The molecule has 3 atom stereocenters. The van der Waals surface area contributed by atoms with E-state index in [1.54, 1.807) is 6.92 Å². The number of hydrogen-bond acceptors (Lipinski definition) is 15. The SMILES string of the molecule is CC(=O)CCCCCCCCCCCCCCCCC(=O)N[C@@H](CCC(=O)NCCOCCOCC(=O)NCCOCCOCC(=O)NCC(=O)C[C@H]1CSSC[C@@H](C(=O)O)CC1=O)C(=O)O. The summed E-state index contributed by atoms with van der Waals surface area (Å²) in [5.41, 5.74) is 0. The second-order valence-corrected chi connectivity index (χ2v) is 19.2. The number of amides is 4. The zero-order valence-corrected chi connectivity index (χ0v) is 41.2. The van der Waals surface area contributed by atoms with E-state index in [-0.39, 0.29) is 140 Å². The zero-order chi connectivity index (χ0) is 49.3. The van der Waals surface area contributed by atoms with E-state index in [9.17, 15) is 53.4 Å². The molecule has 1 aliphatic rings. The van der Waals surface area contributed by atoms with Crippen LogP contribution >= 0.6 is 21.6 Å². The van der Waals surface area contributed by atoms with Gasteiger partial charge < -0.3 is 55.2 Å². The van der Waals surface area contributed by atoms with Crippen molar-refractivity contribution in [2.24, 2.45) is 11.8 Å². The van der Waals surface area contributed by atoms with Crippen molar-refractivity contribution >= 4 is 74.5 Å². The molecular formula is C46H78N4O15S2. The summed E-state index contributed by atoms with van der Waals surface area (Å²) < 4.78 is 21.3. The maximum Gasteiger partial charge on any atom is 0.326 e. The fourth-order valence-electron chi connectivity index (χ4n) is 6.76. The van der Waals surface area contributed by atoms with Crippen LogP contribution in [0.25, 0.3) is 0 Å². The number of ketones is 3. The molecule has 0 bridgehead atoms. The van der Waals surface area contributed by atoms with Crippen LogP contribution in [0, 0.1) is 11.8 Å². The number of hydrogen-bond donors (Lipinski definition) is 6. The molecule has 1 rings (SSSR count). The number of rotatable bonds is 43. The van der Waals surface area contributed by atoms with E-state index in [0.717, 1.165) is 32.1 Å². The van der Waals surface area contributed by atoms with Crippen molar-refractivity contribution in [3.8, 4) is 0 Å². The van der Waals surface area contributed by atoms with E-state index in [1.165, 1.54) is 73.0 Å². The van der Waals surface area contributed by atoms with Crippen LogP contribution in [0.1, 0.15) is 135 Å². The first-order valence-electron chi connectivity index (χ1n) is 23.9. The lowest BCUT2D eigenvalue weighted by Crippen LogP contribution is -2.41. The van der Waals surface area contributed by atoms with Gasteiger partial charge >= 0.3 is 11.9 Å². The maximum absolute atomic E-state index is 12.5. The highest BCUT2D eigenvalue weighted by atomic mass is 33.1. The molecule has 67 heavy (non-hydrogen) atoms. The van der Waals surface area contributed by atoms with Gasteiger partial charge in [-0.3, -0.25) is 33.6 Å². The average Bonchev–Trinajstić information content (AvgIpc) is 3.28. The van der Waals surface area contributed by atoms with Crippen LogP contribution in [0.15, 0.2) is 0 Å². The molecule has 1 aliphatic heterocycles. The Morgan fingerprint density at radius 1 is 0.582 bits per heavy atom. The van der Waals surface area contributed by atoms with Crippen LogP contribution in [-0.2, 0) is 62.1 Å². The first-order valence-corrected chi connectivity index (χ1v) is 26.4. The summed E-state index contributed by atoms with van der Waals surface area (Å²) in [7, 11) is 2.74. The molecule has 0 saturated carbocycles. The van der Waals surface area contributed by atoms with Gasteiger partial charge in [-0.1, -0.05) is 98.6 Å². The van der Waals surface area contributed by atoms with Gasteiger partial charge in [0, 0.05) is 62.6 Å². The summed E-state index contributed by atoms with van der Waals surface area (Å²) in [5.74, 6) is -4.74. The molecule has 0 aromatic heterocycles. The Morgan fingerprint density at radius 2 is 1.06 bits per heavy atom. The highest BCUT2D eigenvalue weighted by molar-refractivity contribution is 8.76. The summed E-state index contributed by atoms with van der Waals surface area (Å²) in [6, 6.07) is -1.15. The number of carbonyl (C=O) groups is 9. The van der Waals surface area contributed by atoms with Crippen molar-refractivity contribution in [2.45, 2.75) is 141 Å². The molecule has 6 N–H and O–H groups in total. The van der Waals surface area contributed by atoms with Crippen molar-refractivity contribution in [1.82, 2.24) is 21.3 Å². The molecule has 0 aromatic carbocycles. The molecule has 0 aromatic rings. The second-order valence-electron chi connectivity index (χ2n) is 16.7. The number of carboxylic acid groups (broad SMARTS) is 2. The number of Topliss-reactive ketones (excluding diaryl/α,β-unsaturated/α-hetero) is 3. The lowest BCUT2D eigenvalue weighted by atomic mass is 9.92. The summed E-state index contributed by atoms with van der Waals surface area (Å²) in [6.07, 6.45) is 16.5. The predicted molar refractivity (Wildman–Crippen MR) is 254 cm³/mol. The number of carboxylic acids is 2. The molecule has 1 fully saturated rings. The Labute approximate surface area is 403 Å². The third kappa shape index (κ3) is 37.0. The fraction of sp³-hybridized carbons (Fsp3) is 0.804. The quantitative estimate of drug-likeness (QED) is 0.0369. The summed E-state index contributed by atoms with van der Waals surface area (Å²) in [6.45, 7) is 2.23. The topological polar surface area (TPSA) is 279 Å². The van der Waals surface area contributed by atoms with Crippen molar-refractivity contribution in [2.75, 3.05) is 84.0 Å². The second kappa shape index (κ2) is 41.4. The van der Waals surface area contributed by atoms with E-state index in [1.807, 2.05) is 0 Å². The summed E-state index contributed by atoms with van der Waals surface area (Å²) in [4.78, 5) is 107. The lowest BCUT2D eigenvalue weighted by molar-refractivity contribution is -0.143. The normalized spacial score (nSPS) is 15.4. The Bertz CT molecular complexity index is 1470. The van der Waals surface area contributed by atoms with E-state index in [4.69, 9.17) is 18.9 Å². The van der Waals surface area contributed by atoms with E-state index < -0.39 is 35.7 Å². The van der Waals surface area contributed by atoms with Crippen LogP contribution in [0.3, 0.4) is 0 Å². The zero-order valence-electron chi connectivity index (χ0n) is 39.6. The van der Waals surface area contributed by atoms with Crippen molar-refractivity contribution < 1.29 is 72.3 Å². The largest absolute Gasteiger partial charge is 0.481 e. The Morgan fingerprint density at radius 3 is 1.58 bits per heavy atom. The van der Waals surface area contributed by atoms with E-state index >= 15 is 0 Å². The van der Waals surface area contributed by atoms with Crippen molar-refractivity contribution in [1.29, 1.82) is 0 Å². The summed E-state index contributed by atoms with van der Waals surface area (Å²) in [5, 5.41) is 29.0. The Balaban J connectivity index is 1.94. The highest BCUT2D eigenvalue weighted by Gasteiger charge is 2.30. The molecule has 1 heterocycles. The van der Waals surface area contributed by atoms with Crippen LogP contribution in [0.2, 0.25) is 0 Å². The minimum Gasteiger partial charge on any atom is -0.481 e. The van der Waals surface area contributed by atoms with E-state index in [2.05, 4.69) is 21.3 Å². The van der Waals surface area contributed by atoms with Crippen LogP contribution < -0.4 is 21.3 Å². The number of unbranched alkanes of at least 4 members (excludes halogenated alkanes) is 13. The van der Waals surface area contributed by atoms with Crippen molar-refractivity contribution in [3.05, 3.63) is 0 Å². The van der Waals surface area contributed by atoms with Gasteiger partial charge in [0.2, 0.25) is 23.6 Å². The molecule has 0 aliphatic carbocycles. The van der Waals surface area contributed by atoms with Crippen molar-refractivity contribution in [3.63, 3.8) is 0 Å². The monoisotopic (exact) mass is 990 g/mol. The number of nitrogens with one attached hydrogen (secondary N) is 4. The third-order valence-electron chi connectivity index (χ3n) is 10.7. The van der Waals surface area contributed by atoms with Gasteiger partial charge in [-0.25, -0.2) is 4.79 Å². The molecule has 1 saturated heterocycles. The lowest BCUT2D eigenvalue weighted by Gasteiger charge is -2.20. The molecule has 0 unspecified atom stereocenters. The van der Waals surface area contributed by atoms with Gasteiger partial charge in [0.15, 0.2) is 5.78 Å². The number of ether oxygens (including phenoxy) is 4. The van der Waals surface area contributed by atoms with Crippen LogP contribution in [0.5, 0.6) is 0 Å². The third-order valence-corrected chi connectivity index (χ3v) is 13.2. The van der Waals surface area contributed by atoms with Gasteiger partial charge in [0.25, 0.3) is 0 Å². The molecule has 384 valence electrons. The fourth-order valence-corrected chi connectivity index (χ4v) is 9.41. The molecule has 0 spiro atoms. The Kier molecular flexibility index (Phi) is 37.9. The molecule has 19 nitrogen and oxygen atoms in total. The van der Waals surface area contributed by atoms with Gasteiger partial charge in [-0.05, 0) is 26.2 Å². The molecule has 0 radical (unpaired) electrons. The average molecular weight is 991 g/mol. The first kappa shape index (κ1) is 61.4. The maximum atomic E-state index is 12.5. The van der Waals surface area contributed by atoms with Gasteiger partial charge in [-0.15, -0.1) is 0 Å².